The number of nitrogens with zero attached hydrogens (tertiary/aromatic N) is 1. The second kappa shape index (κ2) is 8.75. The minimum absolute atomic E-state index is 0.0534. The highest BCUT2D eigenvalue weighted by molar-refractivity contribution is 6.97. The molecule has 0 atom stereocenters. The molecule has 0 unspecified atom stereocenters. The molecule has 0 N–H and O–H groups in total. The zero-order chi connectivity index (χ0) is 27.7. The van der Waals surface area contributed by atoms with Crippen molar-refractivity contribution in [1.82, 2.24) is 4.98 Å². The van der Waals surface area contributed by atoms with Crippen molar-refractivity contribution in [1.29, 1.82) is 0 Å². The minimum Gasteiger partial charge on any atom is -0.508 e. The van der Waals surface area contributed by atoms with Gasteiger partial charge in [-0.2, -0.15) is 0 Å². The van der Waals surface area contributed by atoms with Crippen molar-refractivity contribution in [2.45, 2.75) is 65.5 Å². The second-order valence-corrected chi connectivity index (χ2v) is 17.6. The predicted octanol–water partition coefficient (Wildman–Crippen LogP) is 6.80. The molecular formula is C33H36BNO3Si. The molecule has 6 heteroatoms. The first kappa shape index (κ1) is 25.8. The third-order valence-corrected chi connectivity index (χ3v) is 13.2. The van der Waals surface area contributed by atoms with Gasteiger partial charge in [0.15, 0.2) is 11.5 Å². The lowest BCUT2D eigenvalue weighted by atomic mass is 9.34. The van der Waals surface area contributed by atoms with Gasteiger partial charge in [-0.25, -0.2) is 0 Å². The maximum atomic E-state index is 6.98. The van der Waals surface area contributed by atoms with E-state index in [4.69, 9.17) is 18.6 Å². The quantitative estimate of drug-likeness (QED) is 0.234. The normalized spacial score (nSPS) is 15.4. The lowest BCUT2D eigenvalue weighted by molar-refractivity contribution is 0.341. The number of aryl methyl sites for hydroxylation is 2. The molecule has 0 radical (unpaired) electrons. The van der Waals surface area contributed by atoms with E-state index < -0.39 is 8.56 Å². The van der Waals surface area contributed by atoms with E-state index in [2.05, 4.69) is 110 Å². The van der Waals surface area contributed by atoms with Crippen LogP contribution in [0.2, 0.25) is 10.1 Å². The fraction of sp³-hybridized carbons (Fsp3) is 0.303. The van der Waals surface area contributed by atoms with Crippen LogP contribution < -0.4 is 30.0 Å². The van der Waals surface area contributed by atoms with Gasteiger partial charge in [0.2, 0.25) is 0 Å². The van der Waals surface area contributed by atoms with Gasteiger partial charge in [-0.15, -0.1) is 0 Å². The Kier molecular flexibility index (Phi) is 5.78. The molecule has 4 aromatic rings. The summed E-state index contributed by atoms with van der Waals surface area (Å²) in [4.78, 5) is 4.85. The van der Waals surface area contributed by atoms with Crippen molar-refractivity contribution in [2.24, 2.45) is 0 Å². The number of aromatic nitrogens is 1. The van der Waals surface area contributed by atoms with Crippen molar-refractivity contribution in [3.63, 3.8) is 0 Å². The summed E-state index contributed by atoms with van der Waals surface area (Å²) in [5.41, 5.74) is 8.00. The highest BCUT2D eigenvalue weighted by Gasteiger charge is 2.65. The summed E-state index contributed by atoms with van der Waals surface area (Å²) in [5, 5.41) is -0.273. The molecule has 0 amide bonds. The number of hydrogen-bond acceptors (Lipinski definition) is 4. The van der Waals surface area contributed by atoms with Gasteiger partial charge in [-0.05, 0) is 43.0 Å². The van der Waals surface area contributed by atoms with Gasteiger partial charge in [0.1, 0.15) is 17.2 Å². The molecule has 4 nitrogen and oxygen atoms in total. The smallest absolute Gasteiger partial charge is 0.471 e. The van der Waals surface area contributed by atoms with E-state index in [1.807, 2.05) is 18.3 Å². The van der Waals surface area contributed by atoms with Gasteiger partial charge >= 0.3 is 8.56 Å². The van der Waals surface area contributed by atoms with E-state index in [1.54, 1.807) is 0 Å². The van der Waals surface area contributed by atoms with Crippen LogP contribution in [0.3, 0.4) is 0 Å². The summed E-state index contributed by atoms with van der Waals surface area (Å²) in [6.45, 7) is 17.8. The van der Waals surface area contributed by atoms with Crippen LogP contribution in [0.15, 0.2) is 72.9 Å². The van der Waals surface area contributed by atoms with Crippen LogP contribution in [0.4, 0.5) is 0 Å². The van der Waals surface area contributed by atoms with Crippen LogP contribution in [0.1, 0.15) is 52.7 Å². The Morgan fingerprint density at radius 1 is 0.692 bits per heavy atom. The number of para-hydroxylation sites is 1. The molecule has 0 bridgehead atoms. The van der Waals surface area contributed by atoms with Gasteiger partial charge in [0.05, 0.1) is 0 Å². The minimum atomic E-state index is -2.73. The number of fused-ring (bicyclic) bond motifs is 3. The van der Waals surface area contributed by atoms with Gasteiger partial charge < -0.3 is 13.6 Å². The molecule has 39 heavy (non-hydrogen) atoms. The molecule has 198 valence electrons. The molecular weight excluding hydrogens is 497 g/mol. The maximum absolute atomic E-state index is 6.98. The molecule has 0 spiro atoms. The van der Waals surface area contributed by atoms with Crippen LogP contribution in [-0.4, -0.2) is 20.3 Å². The van der Waals surface area contributed by atoms with Crippen LogP contribution in [0, 0.1) is 13.8 Å². The number of ether oxygens (including phenoxy) is 1. The molecule has 3 heterocycles. The van der Waals surface area contributed by atoms with E-state index in [0.717, 1.165) is 39.7 Å². The molecule has 0 aliphatic carbocycles. The first-order valence-electron chi connectivity index (χ1n) is 13.8. The fourth-order valence-corrected chi connectivity index (χ4v) is 11.0. The second-order valence-electron chi connectivity index (χ2n) is 12.9. The number of hydrogen-bond donors (Lipinski definition) is 0. The number of rotatable bonds is 2. The Bertz CT molecular complexity index is 1570. The lowest BCUT2D eigenvalue weighted by Crippen LogP contribution is -2.59. The van der Waals surface area contributed by atoms with E-state index in [1.165, 1.54) is 22.1 Å². The number of pyridine rings is 1. The SMILES string of the molecule is Cc1cccc(C)c1B1c2ccccc2Oc2ccc(-c3nccc4c3O[Si](C(C)(C)C)(C(C)(C)C)O4)cc21. The average Bonchev–Trinajstić information content (AvgIpc) is 3.30. The van der Waals surface area contributed by atoms with E-state index in [9.17, 15) is 0 Å². The van der Waals surface area contributed by atoms with Gasteiger partial charge in [-0.1, -0.05) is 101 Å². The first-order valence-corrected chi connectivity index (χ1v) is 15.6. The van der Waals surface area contributed by atoms with E-state index >= 15 is 0 Å². The van der Waals surface area contributed by atoms with Crippen molar-refractivity contribution in [3.8, 4) is 34.3 Å². The highest BCUT2D eigenvalue weighted by atomic mass is 28.4. The van der Waals surface area contributed by atoms with Crippen LogP contribution in [0.5, 0.6) is 23.0 Å². The summed E-state index contributed by atoms with van der Waals surface area (Å²) < 4.78 is 20.2. The van der Waals surface area contributed by atoms with Gasteiger partial charge in [0, 0.05) is 27.9 Å². The summed E-state index contributed by atoms with van der Waals surface area (Å²) in [7, 11) is -2.73. The van der Waals surface area contributed by atoms with E-state index in [0.29, 0.717) is 0 Å². The Morgan fingerprint density at radius 3 is 2.05 bits per heavy atom. The van der Waals surface area contributed by atoms with Crippen LogP contribution >= 0.6 is 0 Å². The Hall–Kier alpha value is -3.51. The van der Waals surface area contributed by atoms with Crippen LogP contribution in [0.25, 0.3) is 11.3 Å². The molecule has 2 aliphatic heterocycles. The first-order chi connectivity index (χ1) is 18.4. The Balaban J connectivity index is 1.53. The fourth-order valence-electron chi connectivity index (χ4n) is 6.58. The zero-order valence-electron chi connectivity index (χ0n) is 24.2. The van der Waals surface area contributed by atoms with Crippen molar-refractivity contribution >= 4 is 31.7 Å². The third kappa shape index (κ3) is 3.91. The monoisotopic (exact) mass is 533 g/mol. The predicted molar refractivity (Wildman–Crippen MR) is 163 cm³/mol. The van der Waals surface area contributed by atoms with Crippen molar-refractivity contribution in [2.75, 3.05) is 0 Å². The number of benzene rings is 3. The van der Waals surface area contributed by atoms with E-state index in [-0.39, 0.29) is 16.8 Å². The zero-order valence-corrected chi connectivity index (χ0v) is 25.2. The molecule has 0 saturated carbocycles. The summed E-state index contributed by atoms with van der Waals surface area (Å²) in [6, 6.07) is 23.3. The molecule has 1 aromatic heterocycles. The maximum Gasteiger partial charge on any atom is 0.471 e. The molecule has 3 aromatic carbocycles. The highest BCUT2D eigenvalue weighted by Crippen LogP contribution is 2.58. The topological polar surface area (TPSA) is 40.6 Å². The third-order valence-electron chi connectivity index (χ3n) is 8.22. The molecule has 6 rings (SSSR count). The average molecular weight is 534 g/mol. The Labute approximate surface area is 233 Å². The van der Waals surface area contributed by atoms with Gasteiger partial charge in [0.25, 0.3) is 6.71 Å². The van der Waals surface area contributed by atoms with Gasteiger partial charge in [-0.3, -0.25) is 4.98 Å². The summed E-state index contributed by atoms with van der Waals surface area (Å²) in [6.07, 6.45) is 1.83. The lowest BCUT2D eigenvalue weighted by Gasteiger charge is -2.43. The molecule has 0 fully saturated rings. The standard InChI is InChI=1S/C33H36BNO3Si/c1-21-12-11-13-22(2)29(21)34-24-14-9-10-15-26(24)36-27-17-16-23(20-25(27)34)30-31-28(18-19-35-30)37-39(38-31,32(3,4)5)33(6,7)8/h9-20H,1-8H3. The summed E-state index contributed by atoms with van der Waals surface area (Å²) >= 11 is 0. The van der Waals surface area contributed by atoms with Crippen molar-refractivity contribution in [3.05, 3.63) is 84.1 Å². The Morgan fingerprint density at radius 2 is 1.36 bits per heavy atom. The van der Waals surface area contributed by atoms with Crippen LogP contribution in [-0.2, 0) is 0 Å². The molecule has 0 saturated heterocycles. The largest absolute Gasteiger partial charge is 0.508 e. The molecule has 2 aliphatic rings. The van der Waals surface area contributed by atoms with Crippen molar-refractivity contribution < 1.29 is 13.6 Å². The summed E-state index contributed by atoms with van der Waals surface area (Å²) in [5.74, 6) is 3.34.